The number of halogens is 1. The highest BCUT2D eigenvalue weighted by Gasteiger charge is 2.47. The normalized spacial score (nSPS) is 17.6. The summed E-state index contributed by atoms with van der Waals surface area (Å²) in [6, 6.07) is 4.43. The highest BCUT2D eigenvalue weighted by molar-refractivity contribution is 7.07. The van der Waals surface area contributed by atoms with Crippen LogP contribution in [0.1, 0.15) is 32.6 Å². The quantitative estimate of drug-likeness (QED) is 0.814. The van der Waals surface area contributed by atoms with Gasteiger partial charge in [-0.25, -0.2) is 9.37 Å². The summed E-state index contributed by atoms with van der Waals surface area (Å²) >= 11 is 1.50. The van der Waals surface area contributed by atoms with Gasteiger partial charge in [0.05, 0.1) is 18.3 Å². The Morgan fingerprint density at radius 3 is 2.60 bits per heavy atom. The minimum atomic E-state index is -0.305. The molecule has 0 atom stereocenters. The smallest absolute Gasteiger partial charge is 0.228 e. The summed E-state index contributed by atoms with van der Waals surface area (Å²) < 4.78 is 18.0. The Morgan fingerprint density at radius 1 is 1.32 bits per heavy atom. The van der Waals surface area contributed by atoms with E-state index in [0.29, 0.717) is 11.7 Å². The summed E-state index contributed by atoms with van der Waals surface area (Å²) in [5.74, 6) is 0.617. The number of amides is 1. The molecule has 0 spiro atoms. The molecule has 0 radical (unpaired) electrons. The number of ether oxygens (including phenoxy) is 1. The van der Waals surface area contributed by atoms with Gasteiger partial charge in [-0.05, 0) is 37.8 Å². The van der Waals surface area contributed by atoms with Crippen molar-refractivity contribution in [3.05, 3.63) is 34.9 Å². The number of nitrogens with zero attached hydrogens (tertiary/aromatic N) is 2. The third-order valence-electron chi connectivity index (χ3n) is 4.78. The first-order valence-electron chi connectivity index (χ1n) is 8.55. The molecule has 4 rings (SSSR count). The fourth-order valence-electron chi connectivity index (χ4n) is 2.93. The van der Waals surface area contributed by atoms with Crippen LogP contribution in [0.3, 0.4) is 0 Å². The second kappa shape index (κ2) is 7.52. The lowest BCUT2D eigenvalue weighted by Crippen LogP contribution is -2.33. The minimum Gasteiger partial charge on any atom is -0.496 e. The van der Waals surface area contributed by atoms with Gasteiger partial charge in [0.15, 0.2) is 0 Å². The zero-order valence-corrected chi connectivity index (χ0v) is 15.4. The summed E-state index contributed by atoms with van der Waals surface area (Å²) in [6.45, 7) is 4.11. The van der Waals surface area contributed by atoms with Gasteiger partial charge >= 0.3 is 0 Å². The Morgan fingerprint density at radius 2 is 2.04 bits per heavy atom. The van der Waals surface area contributed by atoms with E-state index in [4.69, 9.17) is 4.74 Å². The average Bonchev–Trinajstić information content (AvgIpc) is 3.07. The monoisotopic (exact) mass is 362 g/mol. The molecule has 25 heavy (non-hydrogen) atoms. The van der Waals surface area contributed by atoms with Gasteiger partial charge in [0.1, 0.15) is 11.6 Å². The van der Waals surface area contributed by atoms with E-state index in [1.165, 1.54) is 43.4 Å². The van der Waals surface area contributed by atoms with Gasteiger partial charge in [-0.1, -0.05) is 6.92 Å². The maximum Gasteiger partial charge on any atom is 0.228 e. The van der Waals surface area contributed by atoms with Gasteiger partial charge in [0, 0.05) is 35.5 Å². The van der Waals surface area contributed by atoms with E-state index in [2.05, 4.69) is 11.9 Å². The van der Waals surface area contributed by atoms with E-state index >= 15 is 0 Å². The molecule has 2 fully saturated rings. The lowest BCUT2D eigenvalue weighted by Gasteiger charge is -2.19. The first kappa shape index (κ1) is 17.9. The molecule has 1 aromatic carbocycles. The average molecular weight is 362 g/mol. The number of carbonyl (C=O) groups excluding carboxylic acids is 1. The lowest BCUT2D eigenvalue weighted by atomic mass is 10.1. The molecule has 1 saturated heterocycles. The third kappa shape index (κ3) is 4.18. The van der Waals surface area contributed by atoms with Crippen LogP contribution in [0.4, 0.5) is 4.39 Å². The predicted molar refractivity (Wildman–Crippen MR) is 97.2 cm³/mol. The largest absolute Gasteiger partial charge is 0.496 e. The summed E-state index contributed by atoms with van der Waals surface area (Å²) in [5.41, 5.74) is 3.42. The number of aromatic nitrogens is 1. The van der Waals surface area contributed by atoms with Crippen LogP contribution < -0.4 is 4.74 Å². The number of hydrogen-bond acceptors (Lipinski definition) is 4. The van der Waals surface area contributed by atoms with E-state index in [0.717, 1.165) is 37.2 Å². The molecule has 1 aromatic heterocycles. The third-order valence-corrected chi connectivity index (χ3v) is 5.37. The summed E-state index contributed by atoms with van der Waals surface area (Å²) in [5, 5.41) is 1.90. The van der Waals surface area contributed by atoms with Crippen molar-refractivity contribution >= 4 is 17.2 Å². The van der Waals surface area contributed by atoms with E-state index in [9.17, 15) is 9.18 Å². The highest BCUT2D eigenvalue weighted by Crippen LogP contribution is 2.46. The van der Waals surface area contributed by atoms with Crippen LogP contribution in [0, 0.1) is 11.2 Å². The van der Waals surface area contributed by atoms with E-state index < -0.39 is 0 Å². The minimum absolute atomic E-state index is 0.0599. The first-order valence-corrected chi connectivity index (χ1v) is 9.49. The Hall–Kier alpha value is -1.95. The SMILES string of the molecule is CC1(C(=O)N2CCCC2)CC1.COc1cc(F)ccc1-c1cscn1. The fraction of sp³-hybridized carbons (Fsp3) is 0.474. The predicted octanol–water partition coefficient (Wildman–Crippen LogP) is 4.37. The molecule has 2 aromatic rings. The van der Waals surface area contributed by atoms with Gasteiger partial charge in [-0.2, -0.15) is 0 Å². The number of rotatable bonds is 3. The maximum atomic E-state index is 12.9. The number of methoxy groups -OCH3 is 1. The van der Waals surface area contributed by atoms with Crippen molar-refractivity contribution < 1.29 is 13.9 Å². The van der Waals surface area contributed by atoms with Crippen molar-refractivity contribution in [3.8, 4) is 17.0 Å². The Balaban J connectivity index is 0.000000150. The number of benzene rings is 1. The van der Waals surface area contributed by atoms with Crippen LogP contribution >= 0.6 is 11.3 Å². The molecular formula is C19H23FN2O2S. The molecule has 134 valence electrons. The van der Waals surface area contributed by atoms with Crippen LogP contribution in [0.25, 0.3) is 11.3 Å². The van der Waals surface area contributed by atoms with Crippen LogP contribution in [0.15, 0.2) is 29.1 Å². The van der Waals surface area contributed by atoms with Crippen molar-refractivity contribution in [2.24, 2.45) is 5.41 Å². The van der Waals surface area contributed by atoms with Crippen molar-refractivity contribution in [1.29, 1.82) is 0 Å². The number of carbonyl (C=O) groups is 1. The fourth-order valence-corrected chi connectivity index (χ4v) is 3.48. The zero-order chi connectivity index (χ0) is 17.9. The first-order chi connectivity index (χ1) is 12.0. The van der Waals surface area contributed by atoms with Crippen molar-refractivity contribution in [3.63, 3.8) is 0 Å². The van der Waals surface area contributed by atoms with Crippen molar-refractivity contribution in [1.82, 2.24) is 9.88 Å². The van der Waals surface area contributed by atoms with Gasteiger partial charge < -0.3 is 9.64 Å². The molecule has 1 aliphatic carbocycles. The van der Waals surface area contributed by atoms with Crippen LogP contribution in [-0.2, 0) is 4.79 Å². The number of likely N-dealkylation sites (tertiary alicyclic amines) is 1. The second-order valence-corrected chi connectivity index (χ2v) is 7.50. The molecule has 1 saturated carbocycles. The summed E-state index contributed by atoms with van der Waals surface area (Å²) in [4.78, 5) is 17.8. The molecular weight excluding hydrogens is 339 g/mol. The molecule has 0 unspecified atom stereocenters. The molecule has 0 bridgehead atoms. The van der Waals surface area contributed by atoms with Gasteiger partial charge in [0.25, 0.3) is 0 Å². The van der Waals surface area contributed by atoms with Crippen molar-refractivity contribution in [2.45, 2.75) is 32.6 Å². The zero-order valence-electron chi connectivity index (χ0n) is 14.6. The Kier molecular flexibility index (Phi) is 5.37. The van der Waals surface area contributed by atoms with Crippen LogP contribution in [-0.4, -0.2) is 36.0 Å². The maximum absolute atomic E-state index is 12.9. The van der Waals surface area contributed by atoms with E-state index in [-0.39, 0.29) is 11.2 Å². The number of hydrogen-bond donors (Lipinski definition) is 0. The molecule has 1 aliphatic heterocycles. The summed E-state index contributed by atoms with van der Waals surface area (Å²) in [6.07, 6.45) is 4.65. The molecule has 6 heteroatoms. The van der Waals surface area contributed by atoms with Crippen molar-refractivity contribution in [2.75, 3.05) is 20.2 Å². The van der Waals surface area contributed by atoms with Gasteiger partial charge in [0.2, 0.25) is 5.91 Å². The standard InChI is InChI=1S/C10H8FNOS.C9H15NO/c1-13-10-4-7(11)2-3-8(10)9-5-14-6-12-9;1-9(4-5-9)8(11)10-6-2-3-7-10/h2-6H,1H3;2-7H2,1H3. The molecule has 2 aliphatic rings. The Bertz CT molecular complexity index is 723. The highest BCUT2D eigenvalue weighted by atomic mass is 32.1. The molecule has 2 heterocycles. The van der Waals surface area contributed by atoms with Gasteiger partial charge in [-0.15, -0.1) is 11.3 Å². The molecule has 0 N–H and O–H groups in total. The van der Waals surface area contributed by atoms with Crippen LogP contribution in [0.2, 0.25) is 0 Å². The van der Waals surface area contributed by atoms with E-state index in [1.54, 1.807) is 11.6 Å². The van der Waals surface area contributed by atoms with Crippen LogP contribution in [0.5, 0.6) is 5.75 Å². The summed E-state index contributed by atoms with van der Waals surface area (Å²) in [7, 11) is 1.52. The van der Waals surface area contributed by atoms with E-state index in [1.807, 2.05) is 10.3 Å². The van der Waals surface area contributed by atoms with Gasteiger partial charge in [-0.3, -0.25) is 4.79 Å². The molecule has 4 nitrogen and oxygen atoms in total. The lowest BCUT2D eigenvalue weighted by molar-refractivity contribution is -0.135. The topological polar surface area (TPSA) is 42.4 Å². The number of thiazole rings is 1. The molecule has 1 amide bonds. The Labute approximate surface area is 151 Å². The second-order valence-electron chi connectivity index (χ2n) is 6.78.